The summed E-state index contributed by atoms with van der Waals surface area (Å²) in [7, 11) is 1.67. The number of H-pyrrole nitrogens is 1. The quantitative estimate of drug-likeness (QED) is 0.448. The molecule has 0 aromatic carbocycles. The molecule has 2 aliphatic rings. The van der Waals surface area contributed by atoms with E-state index in [1.54, 1.807) is 29.3 Å². The Morgan fingerprint density at radius 1 is 1.27 bits per heavy atom. The Labute approximate surface area is 196 Å². The first kappa shape index (κ1) is 21.0. The molecule has 33 heavy (non-hydrogen) atoms. The molecule has 10 heteroatoms. The number of methoxy groups -OCH3 is 1. The maximum absolute atomic E-state index is 5.58. The Balaban J connectivity index is 1.30. The van der Waals surface area contributed by atoms with E-state index in [1.165, 1.54) is 10.6 Å². The van der Waals surface area contributed by atoms with E-state index in [2.05, 4.69) is 39.3 Å². The summed E-state index contributed by atoms with van der Waals surface area (Å²) < 4.78 is 12.6. The Kier molecular flexibility index (Phi) is 5.33. The summed E-state index contributed by atoms with van der Waals surface area (Å²) >= 11 is 1.81. The number of nitrogens with zero attached hydrogens (tertiary/aromatic N) is 5. The standard InChI is InChI=1S/C23H29N7O2S/c1-13(2)18-19(15-8-17(31-3)21-24-12-25-30(21)9-15)26-23-20(18)27-22(33-23)14-4-6-29(7-5-14)28-16-10-32-11-16/h8-9,12-14,16,26,28H,4-7,10-11H2,1-3H3. The van der Waals surface area contributed by atoms with Gasteiger partial charge in [0, 0.05) is 36.3 Å². The van der Waals surface area contributed by atoms with Crippen LogP contribution in [0.15, 0.2) is 18.6 Å². The van der Waals surface area contributed by atoms with Gasteiger partial charge in [-0.15, -0.1) is 11.3 Å². The molecule has 2 aliphatic heterocycles. The molecule has 174 valence electrons. The van der Waals surface area contributed by atoms with E-state index < -0.39 is 0 Å². The number of fused-ring (bicyclic) bond motifs is 2. The number of hydrazine groups is 1. The Morgan fingerprint density at radius 3 is 2.79 bits per heavy atom. The first-order chi connectivity index (χ1) is 16.1. The lowest BCUT2D eigenvalue weighted by Crippen LogP contribution is -2.55. The van der Waals surface area contributed by atoms with Crippen LogP contribution in [0, 0.1) is 0 Å². The first-order valence-electron chi connectivity index (χ1n) is 11.6. The van der Waals surface area contributed by atoms with Gasteiger partial charge in [0.15, 0.2) is 11.4 Å². The second-order valence-corrected chi connectivity index (χ2v) is 10.3. The number of ether oxygens (including phenoxy) is 2. The van der Waals surface area contributed by atoms with Crippen molar-refractivity contribution in [3.05, 3.63) is 29.2 Å². The number of nitrogens with one attached hydrogen (secondary N) is 2. The van der Waals surface area contributed by atoms with Gasteiger partial charge >= 0.3 is 0 Å². The average Bonchev–Trinajstić information content (AvgIpc) is 3.49. The first-order valence-corrected chi connectivity index (χ1v) is 12.4. The third kappa shape index (κ3) is 3.71. The molecule has 0 atom stereocenters. The van der Waals surface area contributed by atoms with Crippen molar-refractivity contribution in [2.75, 3.05) is 33.4 Å². The fourth-order valence-corrected chi connectivity index (χ4v) is 6.03. The number of pyridine rings is 1. The van der Waals surface area contributed by atoms with Crippen molar-refractivity contribution < 1.29 is 9.47 Å². The van der Waals surface area contributed by atoms with Gasteiger partial charge in [0.1, 0.15) is 16.7 Å². The molecular weight excluding hydrogens is 438 g/mol. The maximum atomic E-state index is 5.58. The summed E-state index contributed by atoms with van der Waals surface area (Å²) in [4.78, 5) is 14.3. The Bertz CT molecular complexity index is 1280. The molecule has 0 aliphatic carbocycles. The number of aromatic nitrogens is 5. The fourth-order valence-electron chi connectivity index (χ4n) is 4.87. The Hall–Kier alpha value is -2.53. The fraction of sp³-hybridized carbons (Fsp3) is 0.522. The van der Waals surface area contributed by atoms with Gasteiger partial charge in [-0.25, -0.2) is 24.9 Å². The highest BCUT2D eigenvalue weighted by Crippen LogP contribution is 2.41. The van der Waals surface area contributed by atoms with Gasteiger partial charge in [-0.1, -0.05) is 13.8 Å². The van der Waals surface area contributed by atoms with E-state index >= 15 is 0 Å². The zero-order valence-electron chi connectivity index (χ0n) is 19.2. The van der Waals surface area contributed by atoms with E-state index in [0.717, 1.165) is 60.7 Å². The van der Waals surface area contributed by atoms with Crippen molar-refractivity contribution >= 4 is 27.3 Å². The van der Waals surface area contributed by atoms with Crippen molar-refractivity contribution in [3.8, 4) is 17.0 Å². The van der Waals surface area contributed by atoms with Crippen LogP contribution < -0.4 is 10.2 Å². The van der Waals surface area contributed by atoms with Gasteiger partial charge in [-0.05, 0) is 24.8 Å². The lowest BCUT2D eigenvalue weighted by molar-refractivity contribution is -0.0449. The lowest BCUT2D eigenvalue weighted by Gasteiger charge is -2.37. The van der Waals surface area contributed by atoms with Crippen LogP contribution in [0.5, 0.6) is 5.75 Å². The molecular formula is C23H29N7O2S. The van der Waals surface area contributed by atoms with E-state index in [-0.39, 0.29) is 0 Å². The van der Waals surface area contributed by atoms with Gasteiger partial charge in [0.25, 0.3) is 0 Å². The van der Waals surface area contributed by atoms with Crippen molar-refractivity contribution in [1.29, 1.82) is 0 Å². The molecule has 2 fully saturated rings. The largest absolute Gasteiger partial charge is 0.493 e. The van der Waals surface area contributed by atoms with E-state index in [0.29, 0.717) is 29.3 Å². The minimum atomic E-state index is 0.330. The van der Waals surface area contributed by atoms with Crippen molar-refractivity contribution in [1.82, 2.24) is 35.0 Å². The predicted molar refractivity (Wildman–Crippen MR) is 128 cm³/mol. The highest BCUT2D eigenvalue weighted by atomic mass is 32.1. The minimum Gasteiger partial charge on any atom is -0.493 e. The predicted octanol–water partition coefficient (Wildman–Crippen LogP) is 3.55. The third-order valence-electron chi connectivity index (χ3n) is 6.68. The molecule has 4 aromatic rings. The zero-order valence-corrected chi connectivity index (χ0v) is 20.0. The molecule has 9 nitrogen and oxygen atoms in total. The van der Waals surface area contributed by atoms with Crippen LogP contribution in [0.1, 0.15) is 49.1 Å². The number of rotatable bonds is 6. The zero-order chi connectivity index (χ0) is 22.5. The van der Waals surface area contributed by atoms with Crippen LogP contribution in [0.3, 0.4) is 0 Å². The number of piperidine rings is 1. The molecule has 6 rings (SSSR count). The smallest absolute Gasteiger partial charge is 0.197 e. The van der Waals surface area contributed by atoms with Crippen LogP contribution >= 0.6 is 11.3 Å². The molecule has 2 N–H and O–H groups in total. The van der Waals surface area contributed by atoms with Crippen molar-refractivity contribution in [2.45, 2.75) is 44.6 Å². The lowest BCUT2D eigenvalue weighted by atomic mass is 9.97. The van der Waals surface area contributed by atoms with E-state index in [9.17, 15) is 0 Å². The summed E-state index contributed by atoms with van der Waals surface area (Å²) in [6.45, 7) is 8.21. The van der Waals surface area contributed by atoms with Crippen molar-refractivity contribution in [3.63, 3.8) is 0 Å². The van der Waals surface area contributed by atoms with Crippen LogP contribution in [0.25, 0.3) is 27.3 Å². The summed E-state index contributed by atoms with van der Waals surface area (Å²) in [6, 6.07) is 2.52. The van der Waals surface area contributed by atoms with Crippen LogP contribution in [-0.2, 0) is 4.74 Å². The molecule has 0 saturated carbocycles. The third-order valence-corrected chi connectivity index (χ3v) is 7.81. The molecule has 4 aromatic heterocycles. The summed E-state index contributed by atoms with van der Waals surface area (Å²) in [5.74, 6) is 1.55. The Morgan fingerprint density at radius 2 is 2.09 bits per heavy atom. The van der Waals surface area contributed by atoms with Crippen molar-refractivity contribution in [2.24, 2.45) is 0 Å². The van der Waals surface area contributed by atoms with E-state index in [1.807, 2.05) is 12.3 Å². The average molecular weight is 468 g/mol. The molecule has 2 saturated heterocycles. The van der Waals surface area contributed by atoms with Gasteiger partial charge in [0.05, 0.1) is 37.1 Å². The summed E-state index contributed by atoms with van der Waals surface area (Å²) in [5.41, 5.74) is 8.76. The van der Waals surface area contributed by atoms with Gasteiger partial charge in [-0.3, -0.25) is 0 Å². The topological polar surface area (TPSA) is 92.6 Å². The van der Waals surface area contributed by atoms with Gasteiger partial charge in [0.2, 0.25) is 0 Å². The number of hydrogen-bond acceptors (Lipinski definition) is 8. The molecule has 0 unspecified atom stereocenters. The monoisotopic (exact) mass is 467 g/mol. The highest BCUT2D eigenvalue weighted by molar-refractivity contribution is 7.18. The molecule has 0 radical (unpaired) electrons. The second kappa shape index (κ2) is 8.35. The molecule has 0 amide bonds. The molecule has 6 heterocycles. The van der Waals surface area contributed by atoms with Crippen LogP contribution in [0.4, 0.5) is 0 Å². The second-order valence-electron chi connectivity index (χ2n) is 9.25. The SMILES string of the molecule is COc1cc(-c2[nH]c3sc(C4CCN(NC5COC5)CC4)nc3c2C(C)C)cn2ncnc12. The molecule has 0 bridgehead atoms. The van der Waals surface area contributed by atoms with E-state index in [4.69, 9.17) is 14.5 Å². The van der Waals surface area contributed by atoms with Crippen LogP contribution in [0.2, 0.25) is 0 Å². The molecule has 0 spiro atoms. The maximum Gasteiger partial charge on any atom is 0.197 e. The summed E-state index contributed by atoms with van der Waals surface area (Å²) in [6.07, 6.45) is 5.80. The number of thiazole rings is 1. The minimum absolute atomic E-state index is 0.330. The highest BCUT2D eigenvalue weighted by Gasteiger charge is 2.28. The van der Waals surface area contributed by atoms with Gasteiger partial charge in [-0.2, -0.15) is 5.10 Å². The normalized spacial score (nSPS) is 18.5. The summed E-state index contributed by atoms with van der Waals surface area (Å²) in [5, 5.41) is 7.93. The van der Waals surface area contributed by atoms with Crippen LogP contribution in [-0.4, -0.2) is 69.0 Å². The van der Waals surface area contributed by atoms with Gasteiger partial charge < -0.3 is 14.5 Å². The number of aromatic amines is 1. The number of hydrogen-bond donors (Lipinski definition) is 2.